The van der Waals surface area contributed by atoms with Crippen molar-refractivity contribution >= 4 is 44.9 Å². The molecule has 3 heterocycles. The molecule has 0 saturated carbocycles. The van der Waals surface area contributed by atoms with E-state index in [2.05, 4.69) is 5.32 Å². The molecule has 1 aliphatic heterocycles. The summed E-state index contributed by atoms with van der Waals surface area (Å²) in [6, 6.07) is 14.9. The first-order valence-electron chi connectivity index (χ1n) is 11.6. The second-order valence-electron chi connectivity index (χ2n) is 9.35. The molecule has 7 nitrogen and oxygen atoms in total. The molecule has 5 rings (SSSR count). The van der Waals surface area contributed by atoms with Gasteiger partial charge in [-0.15, -0.1) is 11.3 Å². The van der Waals surface area contributed by atoms with E-state index < -0.39 is 0 Å². The average Bonchev–Trinajstić information content (AvgIpc) is 3.20. The number of hydrogen-bond acceptors (Lipinski definition) is 7. The number of benzene rings is 2. The Morgan fingerprint density at radius 2 is 2.03 bits per heavy atom. The van der Waals surface area contributed by atoms with Crippen LogP contribution in [0.1, 0.15) is 29.9 Å². The molecule has 1 N–H and O–H groups in total. The zero-order valence-corrected chi connectivity index (χ0v) is 22.2. The molecule has 0 fully saturated rings. The second kappa shape index (κ2) is 9.72. The molecule has 0 atom stereocenters. The number of fused-ring (bicyclic) bond motifs is 3. The number of anilines is 1. The van der Waals surface area contributed by atoms with Crippen molar-refractivity contribution in [3.8, 4) is 11.4 Å². The van der Waals surface area contributed by atoms with Gasteiger partial charge < -0.3 is 14.8 Å². The Morgan fingerprint density at radius 1 is 1.25 bits per heavy atom. The van der Waals surface area contributed by atoms with Crippen LogP contribution in [0.2, 0.25) is 0 Å². The van der Waals surface area contributed by atoms with E-state index in [1.165, 1.54) is 23.1 Å². The molecule has 1 amide bonds. The summed E-state index contributed by atoms with van der Waals surface area (Å²) in [6.07, 6.45) is 0.657. The molecule has 0 radical (unpaired) electrons. The maximum atomic E-state index is 14.0. The van der Waals surface area contributed by atoms with Crippen LogP contribution in [0, 0.1) is 6.92 Å². The summed E-state index contributed by atoms with van der Waals surface area (Å²) in [4.78, 5) is 33.3. The first kappa shape index (κ1) is 24.5. The number of carbonyl (C=O) groups is 1. The van der Waals surface area contributed by atoms with Crippen LogP contribution < -0.4 is 15.6 Å². The summed E-state index contributed by atoms with van der Waals surface area (Å²) >= 11 is 2.75. The molecule has 2 aromatic heterocycles. The quantitative estimate of drug-likeness (QED) is 0.272. The number of nitrogens with zero attached hydrogens (tertiary/aromatic N) is 2. The average molecular weight is 522 g/mol. The maximum absolute atomic E-state index is 14.0. The number of thioether (sulfide) groups is 1. The molecule has 0 aliphatic carbocycles. The number of nitrogens with one attached hydrogen (secondary N) is 1. The van der Waals surface area contributed by atoms with E-state index in [9.17, 15) is 9.59 Å². The predicted molar refractivity (Wildman–Crippen MR) is 145 cm³/mol. The normalized spacial score (nSPS) is 14.4. The topological polar surface area (TPSA) is 82.5 Å². The van der Waals surface area contributed by atoms with E-state index in [1.807, 2.05) is 45.0 Å². The largest absolute Gasteiger partial charge is 0.497 e. The minimum absolute atomic E-state index is 0.108. The summed E-state index contributed by atoms with van der Waals surface area (Å²) in [7, 11) is 1.60. The van der Waals surface area contributed by atoms with E-state index in [4.69, 9.17) is 14.5 Å². The molecule has 9 heteroatoms. The lowest BCUT2D eigenvalue weighted by molar-refractivity contribution is -0.113. The third-order valence-corrected chi connectivity index (χ3v) is 8.08. The minimum Gasteiger partial charge on any atom is -0.497 e. The lowest BCUT2D eigenvalue weighted by Crippen LogP contribution is -2.32. The van der Waals surface area contributed by atoms with Crippen molar-refractivity contribution in [1.82, 2.24) is 9.55 Å². The van der Waals surface area contributed by atoms with E-state index in [0.717, 1.165) is 27.4 Å². The van der Waals surface area contributed by atoms with Crippen molar-refractivity contribution in [3.05, 3.63) is 74.9 Å². The monoisotopic (exact) mass is 521 g/mol. The highest BCUT2D eigenvalue weighted by molar-refractivity contribution is 7.99. The molecular formula is C27H27N3O4S2. The van der Waals surface area contributed by atoms with Crippen LogP contribution in [0.15, 0.2) is 58.5 Å². The van der Waals surface area contributed by atoms with Crippen molar-refractivity contribution in [3.63, 3.8) is 0 Å². The summed E-state index contributed by atoms with van der Waals surface area (Å²) < 4.78 is 12.8. The summed E-state index contributed by atoms with van der Waals surface area (Å²) in [5, 5.41) is 4.03. The van der Waals surface area contributed by atoms with Gasteiger partial charge in [0, 0.05) is 17.0 Å². The molecule has 2 aromatic carbocycles. The first-order chi connectivity index (χ1) is 17.2. The maximum Gasteiger partial charge on any atom is 0.267 e. The Labute approximate surface area is 217 Å². The molecule has 4 aromatic rings. The Balaban J connectivity index is 1.51. The van der Waals surface area contributed by atoms with E-state index in [1.54, 1.807) is 35.9 Å². The van der Waals surface area contributed by atoms with Gasteiger partial charge in [-0.3, -0.25) is 14.2 Å². The number of ether oxygens (including phenoxy) is 2. The van der Waals surface area contributed by atoms with Crippen LogP contribution in [-0.4, -0.2) is 33.9 Å². The van der Waals surface area contributed by atoms with Crippen LogP contribution in [0.4, 0.5) is 5.69 Å². The van der Waals surface area contributed by atoms with E-state index in [-0.39, 0.29) is 22.8 Å². The fourth-order valence-electron chi connectivity index (χ4n) is 4.27. The number of aromatic nitrogens is 2. The predicted octanol–water partition coefficient (Wildman–Crippen LogP) is 5.35. The molecule has 0 spiro atoms. The Bertz CT molecular complexity index is 1510. The van der Waals surface area contributed by atoms with Gasteiger partial charge in [0.05, 0.1) is 36.1 Å². The zero-order valence-electron chi connectivity index (χ0n) is 20.6. The van der Waals surface area contributed by atoms with Crippen molar-refractivity contribution in [2.24, 2.45) is 0 Å². The standard InChI is InChI=1S/C27H27N3O4S2/c1-16-6-5-7-18(12-16)30-25(32)23-20-13-27(2,3)34-14-21(20)36-24(23)29-26(30)35-15-22(31)28-17-8-10-19(33-4)11-9-17/h5-12H,13-15H2,1-4H3,(H,28,31). The van der Waals surface area contributed by atoms with Crippen molar-refractivity contribution < 1.29 is 14.3 Å². The van der Waals surface area contributed by atoms with Crippen molar-refractivity contribution in [1.29, 1.82) is 0 Å². The lowest BCUT2D eigenvalue weighted by Gasteiger charge is -2.29. The van der Waals surface area contributed by atoms with Crippen molar-refractivity contribution in [2.75, 3.05) is 18.2 Å². The highest BCUT2D eigenvalue weighted by atomic mass is 32.2. The third kappa shape index (κ3) is 4.91. The van der Waals surface area contributed by atoms with Gasteiger partial charge in [-0.25, -0.2) is 4.98 Å². The summed E-state index contributed by atoms with van der Waals surface area (Å²) in [6.45, 7) is 6.54. The smallest absolute Gasteiger partial charge is 0.267 e. The van der Waals surface area contributed by atoms with Gasteiger partial charge in [-0.1, -0.05) is 23.9 Å². The third-order valence-electron chi connectivity index (χ3n) is 6.04. The number of amides is 1. The lowest BCUT2D eigenvalue weighted by atomic mass is 9.94. The van der Waals surface area contributed by atoms with Gasteiger partial charge >= 0.3 is 0 Å². The fraction of sp³-hybridized carbons (Fsp3) is 0.296. The van der Waals surface area contributed by atoms with Crippen LogP contribution in [0.3, 0.4) is 0 Å². The summed E-state index contributed by atoms with van der Waals surface area (Å²) in [5.41, 5.74) is 3.02. The number of aryl methyl sites for hydroxylation is 1. The van der Waals surface area contributed by atoms with Crippen LogP contribution in [0.5, 0.6) is 5.75 Å². The van der Waals surface area contributed by atoms with E-state index in [0.29, 0.717) is 34.1 Å². The number of hydrogen-bond donors (Lipinski definition) is 1. The van der Waals surface area contributed by atoms with Crippen LogP contribution in [-0.2, 0) is 22.6 Å². The SMILES string of the molecule is COc1ccc(NC(=O)CSc2nc3sc4c(c3c(=O)n2-c2cccc(C)c2)CC(C)(C)OC4)cc1. The van der Waals surface area contributed by atoms with Crippen LogP contribution in [0.25, 0.3) is 15.9 Å². The Hall–Kier alpha value is -3.14. The molecule has 0 saturated heterocycles. The van der Waals surface area contributed by atoms with Crippen LogP contribution >= 0.6 is 23.1 Å². The van der Waals surface area contributed by atoms with Gasteiger partial charge in [-0.2, -0.15) is 0 Å². The van der Waals surface area contributed by atoms with Gasteiger partial charge in [0.15, 0.2) is 5.16 Å². The highest BCUT2D eigenvalue weighted by Gasteiger charge is 2.31. The van der Waals surface area contributed by atoms with E-state index >= 15 is 0 Å². The molecular weight excluding hydrogens is 494 g/mol. The minimum atomic E-state index is -0.339. The Morgan fingerprint density at radius 3 is 2.75 bits per heavy atom. The highest BCUT2D eigenvalue weighted by Crippen LogP contribution is 2.38. The molecule has 1 aliphatic rings. The zero-order chi connectivity index (χ0) is 25.4. The van der Waals surface area contributed by atoms with Gasteiger partial charge in [0.2, 0.25) is 5.91 Å². The number of methoxy groups -OCH3 is 1. The molecule has 0 unspecified atom stereocenters. The van der Waals surface area contributed by atoms with Gasteiger partial charge in [0.25, 0.3) is 5.56 Å². The second-order valence-corrected chi connectivity index (χ2v) is 11.4. The Kier molecular flexibility index (Phi) is 6.63. The van der Waals surface area contributed by atoms with Gasteiger partial charge in [-0.05, 0) is 68.3 Å². The summed E-state index contributed by atoms with van der Waals surface area (Å²) in [5.74, 6) is 0.641. The van der Waals surface area contributed by atoms with Gasteiger partial charge in [0.1, 0.15) is 10.6 Å². The molecule has 0 bridgehead atoms. The number of thiophene rings is 1. The van der Waals surface area contributed by atoms with Crippen molar-refractivity contribution in [2.45, 2.75) is 44.6 Å². The molecule has 36 heavy (non-hydrogen) atoms. The first-order valence-corrected chi connectivity index (χ1v) is 13.4. The fourth-order valence-corrected chi connectivity index (χ4v) is 6.22. The molecule has 186 valence electrons. The number of carbonyl (C=O) groups excluding carboxylic acids is 1. The number of rotatable bonds is 6.